The Morgan fingerprint density at radius 2 is 2.62 bits per heavy atom. The van der Waals surface area contributed by atoms with E-state index in [1.54, 1.807) is 24.3 Å². The highest BCUT2D eigenvalue weighted by atomic mass is 32.2. The SMILES string of the molecule is c1cc(SC[C@H]2CCCN2)ncn1. The van der Waals surface area contributed by atoms with E-state index in [1.165, 1.54) is 19.4 Å². The van der Waals surface area contributed by atoms with Crippen LogP contribution in [0.5, 0.6) is 0 Å². The van der Waals surface area contributed by atoms with Crippen LogP contribution in [0, 0.1) is 0 Å². The lowest BCUT2D eigenvalue weighted by molar-refractivity contribution is 0.673. The van der Waals surface area contributed by atoms with E-state index >= 15 is 0 Å². The summed E-state index contributed by atoms with van der Waals surface area (Å²) in [5.41, 5.74) is 0. The summed E-state index contributed by atoms with van der Waals surface area (Å²) in [6, 6.07) is 2.64. The highest BCUT2D eigenvalue weighted by Crippen LogP contribution is 2.18. The average Bonchev–Trinajstić information content (AvgIpc) is 2.69. The zero-order valence-corrected chi connectivity index (χ0v) is 8.26. The molecule has 0 bridgehead atoms. The third-order valence-corrected chi connectivity index (χ3v) is 3.26. The summed E-state index contributed by atoms with van der Waals surface area (Å²) < 4.78 is 0. The molecule has 1 aromatic heterocycles. The van der Waals surface area contributed by atoms with Crippen LogP contribution < -0.4 is 5.32 Å². The molecule has 0 amide bonds. The van der Waals surface area contributed by atoms with E-state index in [0.717, 1.165) is 10.8 Å². The molecule has 1 N–H and O–H groups in total. The molecule has 0 unspecified atom stereocenters. The molecule has 1 aliphatic heterocycles. The Morgan fingerprint density at radius 3 is 3.31 bits per heavy atom. The maximum absolute atomic E-state index is 4.16. The lowest BCUT2D eigenvalue weighted by atomic mass is 10.3. The first kappa shape index (κ1) is 8.97. The van der Waals surface area contributed by atoms with Gasteiger partial charge in [0, 0.05) is 18.0 Å². The Balaban J connectivity index is 1.79. The molecule has 2 heterocycles. The quantitative estimate of drug-likeness (QED) is 0.583. The largest absolute Gasteiger partial charge is 0.313 e. The molecule has 1 atom stereocenters. The summed E-state index contributed by atoms with van der Waals surface area (Å²) in [5, 5.41) is 4.54. The van der Waals surface area contributed by atoms with Crippen LogP contribution in [-0.4, -0.2) is 28.3 Å². The van der Waals surface area contributed by atoms with Gasteiger partial charge in [-0.1, -0.05) is 0 Å². The monoisotopic (exact) mass is 195 g/mol. The fourth-order valence-corrected chi connectivity index (χ4v) is 2.38. The molecule has 0 radical (unpaired) electrons. The minimum Gasteiger partial charge on any atom is -0.313 e. The van der Waals surface area contributed by atoms with Crippen molar-refractivity contribution in [1.29, 1.82) is 0 Å². The fourth-order valence-electron chi connectivity index (χ4n) is 1.45. The number of nitrogens with zero attached hydrogens (tertiary/aromatic N) is 2. The molecule has 4 heteroatoms. The lowest BCUT2D eigenvalue weighted by Crippen LogP contribution is -2.23. The molecule has 1 aliphatic rings. The van der Waals surface area contributed by atoms with Crippen LogP contribution in [-0.2, 0) is 0 Å². The molecule has 0 aliphatic carbocycles. The van der Waals surface area contributed by atoms with Gasteiger partial charge in [0.05, 0.1) is 5.03 Å². The Kier molecular flexibility index (Phi) is 3.16. The lowest BCUT2D eigenvalue weighted by Gasteiger charge is -2.07. The van der Waals surface area contributed by atoms with E-state index < -0.39 is 0 Å². The number of rotatable bonds is 3. The van der Waals surface area contributed by atoms with Gasteiger partial charge < -0.3 is 5.32 Å². The van der Waals surface area contributed by atoms with Crippen molar-refractivity contribution < 1.29 is 0 Å². The molecule has 1 fully saturated rings. The molecule has 1 saturated heterocycles. The summed E-state index contributed by atoms with van der Waals surface area (Å²) in [5.74, 6) is 1.12. The fraction of sp³-hybridized carbons (Fsp3) is 0.556. The molecule has 2 rings (SSSR count). The number of hydrogen-bond donors (Lipinski definition) is 1. The van der Waals surface area contributed by atoms with Crippen LogP contribution in [0.15, 0.2) is 23.6 Å². The molecule has 13 heavy (non-hydrogen) atoms. The summed E-state index contributed by atoms with van der Waals surface area (Å²) in [6.45, 7) is 1.18. The second-order valence-electron chi connectivity index (χ2n) is 3.15. The van der Waals surface area contributed by atoms with Crippen molar-refractivity contribution in [3.8, 4) is 0 Å². The van der Waals surface area contributed by atoms with Crippen LogP contribution >= 0.6 is 11.8 Å². The van der Waals surface area contributed by atoms with Crippen LogP contribution in [0.25, 0.3) is 0 Å². The third-order valence-electron chi connectivity index (χ3n) is 2.15. The van der Waals surface area contributed by atoms with Gasteiger partial charge in [0.1, 0.15) is 6.33 Å². The van der Waals surface area contributed by atoms with Gasteiger partial charge in [-0.05, 0) is 25.5 Å². The number of hydrogen-bond acceptors (Lipinski definition) is 4. The van der Waals surface area contributed by atoms with Crippen molar-refractivity contribution in [1.82, 2.24) is 15.3 Å². The average molecular weight is 195 g/mol. The number of aromatic nitrogens is 2. The molecule has 0 aromatic carbocycles. The van der Waals surface area contributed by atoms with Crippen LogP contribution in [0.1, 0.15) is 12.8 Å². The van der Waals surface area contributed by atoms with Crippen molar-refractivity contribution in [2.75, 3.05) is 12.3 Å². The zero-order chi connectivity index (χ0) is 8.93. The maximum Gasteiger partial charge on any atom is 0.116 e. The third kappa shape index (κ3) is 2.67. The van der Waals surface area contributed by atoms with Gasteiger partial charge in [0.15, 0.2) is 0 Å². The highest BCUT2D eigenvalue weighted by Gasteiger charge is 2.13. The molecular formula is C9H13N3S. The standard InChI is InChI=1S/C9H13N3S/c1-2-8(11-4-1)6-13-9-3-5-10-7-12-9/h3,5,7-8,11H,1-2,4,6H2/t8-/m1/s1. The second kappa shape index (κ2) is 4.58. The predicted molar refractivity (Wildman–Crippen MR) is 53.8 cm³/mol. The van der Waals surface area contributed by atoms with E-state index in [0.29, 0.717) is 6.04 Å². The minimum absolute atomic E-state index is 0.681. The molecular weight excluding hydrogens is 182 g/mol. The smallest absolute Gasteiger partial charge is 0.116 e. The van der Waals surface area contributed by atoms with Gasteiger partial charge in [0.2, 0.25) is 0 Å². The van der Waals surface area contributed by atoms with Gasteiger partial charge in [-0.2, -0.15) is 0 Å². The molecule has 1 aromatic rings. The predicted octanol–water partition coefficient (Wildman–Crippen LogP) is 1.32. The van der Waals surface area contributed by atoms with E-state index in [4.69, 9.17) is 0 Å². The summed E-state index contributed by atoms with van der Waals surface area (Å²) in [7, 11) is 0. The first-order valence-electron chi connectivity index (χ1n) is 4.57. The topological polar surface area (TPSA) is 37.8 Å². The van der Waals surface area contributed by atoms with Gasteiger partial charge in [-0.25, -0.2) is 9.97 Å². The highest BCUT2D eigenvalue weighted by molar-refractivity contribution is 7.99. The summed E-state index contributed by atoms with van der Waals surface area (Å²) >= 11 is 1.80. The van der Waals surface area contributed by atoms with Gasteiger partial charge in [0.25, 0.3) is 0 Å². The minimum atomic E-state index is 0.681. The van der Waals surface area contributed by atoms with Crippen LogP contribution in [0.2, 0.25) is 0 Å². The summed E-state index contributed by atoms with van der Waals surface area (Å²) in [6.07, 6.45) is 6.01. The Labute approximate surface area is 82.4 Å². The van der Waals surface area contributed by atoms with Crippen molar-refractivity contribution in [2.45, 2.75) is 23.9 Å². The van der Waals surface area contributed by atoms with E-state index in [2.05, 4.69) is 15.3 Å². The molecule has 3 nitrogen and oxygen atoms in total. The van der Waals surface area contributed by atoms with Gasteiger partial charge in [-0.3, -0.25) is 0 Å². The summed E-state index contributed by atoms with van der Waals surface area (Å²) in [4.78, 5) is 8.05. The molecule has 70 valence electrons. The molecule has 0 spiro atoms. The number of nitrogens with one attached hydrogen (secondary N) is 1. The second-order valence-corrected chi connectivity index (χ2v) is 4.19. The number of thioether (sulfide) groups is 1. The molecule has 0 saturated carbocycles. The Hall–Kier alpha value is -0.610. The Morgan fingerprint density at radius 1 is 1.62 bits per heavy atom. The zero-order valence-electron chi connectivity index (χ0n) is 7.44. The van der Waals surface area contributed by atoms with E-state index in [-0.39, 0.29) is 0 Å². The Bertz CT molecular complexity index is 246. The van der Waals surface area contributed by atoms with Gasteiger partial charge >= 0.3 is 0 Å². The van der Waals surface area contributed by atoms with Crippen molar-refractivity contribution in [3.63, 3.8) is 0 Å². The first-order chi connectivity index (χ1) is 6.45. The van der Waals surface area contributed by atoms with Crippen LogP contribution in [0.3, 0.4) is 0 Å². The van der Waals surface area contributed by atoms with Crippen molar-refractivity contribution in [3.05, 3.63) is 18.6 Å². The van der Waals surface area contributed by atoms with Crippen molar-refractivity contribution in [2.24, 2.45) is 0 Å². The van der Waals surface area contributed by atoms with Gasteiger partial charge in [-0.15, -0.1) is 11.8 Å². The normalized spacial score (nSPS) is 22.0. The van der Waals surface area contributed by atoms with Crippen LogP contribution in [0.4, 0.5) is 0 Å². The first-order valence-corrected chi connectivity index (χ1v) is 5.56. The van der Waals surface area contributed by atoms with E-state index in [9.17, 15) is 0 Å². The van der Waals surface area contributed by atoms with E-state index in [1.807, 2.05) is 6.07 Å². The maximum atomic E-state index is 4.16. The van der Waals surface area contributed by atoms with Crippen molar-refractivity contribution >= 4 is 11.8 Å².